The lowest BCUT2D eigenvalue weighted by atomic mass is 9.75. The monoisotopic (exact) mass is 297 g/mol. The fourth-order valence-corrected chi connectivity index (χ4v) is 4.70. The molecule has 4 heteroatoms. The molecule has 1 saturated heterocycles. The van der Waals surface area contributed by atoms with Gasteiger partial charge in [-0.25, -0.2) is 0 Å². The van der Waals surface area contributed by atoms with Crippen molar-refractivity contribution in [1.82, 2.24) is 5.32 Å². The van der Waals surface area contributed by atoms with Crippen molar-refractivity contribution in [2.75, 3.05) is 11.5 Å². The van der Waals surface area contributed by atoms with Crippen molar-refractivity contribution in [3.8, 4) is 0 Å². The van der Waals surface area contributed by atoms with Crippen LogP contribution in [0.25, 0.3) is 0 Å². The lowest BCUT2D eigenvalue weighted by molar-refractivity contribution is 0.258. The molecule has 19 heavy (non-hydrogen) atoms. The summed E-state index contributed by atoms with van der Waals surface area (Å²) >= 11 is 6.23. The molecule has 2 nitrogen and oxygen atoms in total. The van der Waals surface area contributed by atoms with Crippen LogP contribution in [-0.2, 0) is 10.8 Å². The van der Waals surface area contributed by atoms with Crippen molar-refractivity contribution in [1.29, 1.82) is 0 Å². The van der Waals surface area contributed by atoms with E-state index in [0.29, 0.717) is 18.0 Å². The van der Waals surface area contributed by atoms with Crippen LogP contribution in [0.15, 0.2) is 24.3 Å². The van der Waals surface area contributed by atoms with Crippen LogP contribution in [0.2, 0.25) is 5.02 Å². The Hall–Kier alpha value is -0.380. The molecular weight excluding hydrogens is 278 g/mol. The Morgan fingerprint density at radius 2 is 1.79 bits per heavy atom. The molecule has 2 fully saturated rings. The molecule has 1 aliphatic heterocycles. The van der Waals surface area contributed by atoms with Gasteiger partial charge in [-0.2, -0.15) is 0 Å². The first-order valence-corrected chi connectivity index (χ1v) is 8.94. The summed E-state index contributed by atoms with van der Waals surface area (Å²) < 4.78 is 11.3. The SMILES string of the molecule is O=S1CCC(NC2CC(c3ccccc3Cl)C2)CC1. The Balaban J connectivity index is 1.48. The van der Waals surface area contributed by atoms with Gasteiger partial charge in [0.2, 0.25) is 0 Å². The largest absolute Gasteiger partial charge is 0.311 e. The van der Waals surface area contributed by atoms with E-state index in [9.17, 15) is 4.21 Å². The second kappa shape index (κ2) is 5.94. The van der Waals surface area contributed by atoms with E-state index >= 15 is 0 Å². The maximum Gasteiger partial charge on any atom is 0.0440 e. The van der Waals surface area contributed by atoms with E-state index in [0.717, 1.165) is 29.4 Å². The molecule has 1 heterocycles. The summed E-state index contributed by atoms with van der Waals surface area (Å²) in [5.74, 6) is 2.36. The Labute approximate surface area is 122 Å². The van der Waals surface area contributed by atoms with Crippen LogP contribution in [0.5, 0.6) is 0 Å². The van der Waals surface area contributed by atoms with Crippen molar-refractivity contribution >= 4 is 22.4 Å². The van der Waals surface area contributed by atoms with Gasteiger partial charge in [0.15, 0.2) is 0 Å². The normalized spacial score (nSPS) is 34.8. The number of nitrogens with one attached hydrogen (secondary N) is 1. The highest BCUT2D eigenvalue weighted by Gasteiger charge is 2.33. The minimum absolute atomic E-state index is 0.557. The Morgan fingerprint density at radius 1 is 1.11 bits per heavy atom. The van der Waals surface area contributed by atoms with Gasteiger partial charge >= 0.3 is 0 Å². The molecule has 2 aliphatic rings. The summed E-state index contributed by atoms with van der Waals surface area (Å²) in [6, 6.07) is 9.38. The molecule has 1 saturated carbocycles. The van der Waals surface area contributed by atoms with Gasteiger partial charge in [-0.3, -0.25) is 4.21 Å². The van der Waals surface area contributed by atoms with E-state index < -0.39 is 10.8 Å². The number of rotatable bonds is 3. The minimum Gasteiger partial charge on any atom is -0.311 e. The van der Waals surface area contributed by atoms with Crippen molar-refractivity contribution in [2.24, 2.45) is 0 Å². The fourth-order valence-electron chi connectivity index (χ4n) is 3.11. The van der Waals surface area contributed by atoms with Gasteiger partial charge in [0, 0.05) is 39.4 Å². The summed E-state index contributed by atoms with van der Waals surface area (Å²) in [6.07, 6.45) is 4.51. The van der Waals surface area contributed by atoms with Crippen LogP contribution in [0.3, 0.4) is 0 Å². The second-order valence-electron chi connectivity index (χ2n) is 5.68. The summed E-state index contributed by atoms with van der Waals surface area (Å²) in [5.41, 5.74) is 1.30. The molecule has 1 aliphatic carbocycles. The summed E-state index contributed by atoms with van der Waals surface area (Å²) in [6.45, 7) is 0. The molecule has 0 amide bonds. The number of hydrogen-bond acceptors (Lipinski definition) is 2. The molecule has 1 aromatic rings. The van der Waals surface area contributed by atoms with Gasteiger partial charge in [0.25, 0.3) is 0 Å². The van der Waals surface area contributed by atoms with Crippen LogP contribution >= 0.6 is 11.6 Å². The van der Waals surface area contributed by atoms with Crippen LogP contribution in [-0.4, -0.2) is 27.8 Å². The summed E-state index contributed by atoms with van der Waals surface area (Å²) in [7, 11) is -0.557. The first-order valence-electron chi connectivity index (χ1n) is 7.08. The minimum atomic E-state index is -0.557. The van der Waals surface area contributed by atoms with E-state index in [1.807, 2.05) is 12.1 Å². The quantitative estimate of drug-likeness (QED) is 0.929. The van der Waals surface area contributed by atoms with E-state index in [1.165, 1.54) is 18.4 Å². The van der Waals surface area contributed by atoms with Crippen molar-refractivity contribution in [3.05, 3.63) is 34.9 Å². The number of hydrogen-bond donors (Lipinski definition) is 1. The molecule has 0 aromatic heterocycles. The lowest BCUT2D eigenvalue weighted by Crippen LogP contribution is -2.47. The Kier molecular flexibility index (Phi) is 4.25. The van der Waals surface area contributed by atoms with Gasteiger partial charge in [-0.05, 0) is 43.2 Å². The van der Waals surface area contributed by atoms with Gasteiger partial charge < -0.3 is 5.32 Å². The van der Waals surface area contributed by atoms with Crippen molar-refractivity contribution < 1.29 is 4.21 Å². The summed E-state index contributed by atoms with van der Waals surface area (Å²) in [4.78, 5) is 0. The van der Waals surface area contributed by atoms with Gasteiger partial charge in [0.1, 0.15) is 0 Å². The molecule has 1 aromatic carbocycles. The standard InChI is InChI=1S/C15H20ClNOS/c16-15-4-2-1-3-14(15)11-9-13(10-11)17-12-5-7-19(18)8-6-12/h1-4,11-13,17H,5-10H2. The van der Waals surface area contributed by atoms with Crippen LogP contribution in [0.4, 0.5) is 0 Å². The zero-order valence-electron chi connectivity index (χ0n) is 11.0. The third-order valence-corrected chi connectivity index (χ3v) is 6.07. The highest BCUT2D eigenvalue weighted by Crippen LogP contribution is 2.40. The van der Waals surface area contributed by atoms with E-state index in [1.54, 1.807) is 0 Å². The van der Waals surface area contributed by atoms with Crippen LogP contribution in [0, 0.1) is 0 Å². The van der Waals surface area contributed by atoms with Crippen LogP contribution in [0.1, 0.15) is 37.2 Å². The maximum atomic E-state index is 11.3. The van der Waals surface area contributed by atoms with Gasteiger partial charge in [-0.15, -0.1) is 0 Å². The lowest BCUT2D eigenvalue weighted by Gasteiger charge is -2.39. The number of benzene rings is 1. The Morgan fingerprint density at radius 3 is 2.47 bits per heavy atom. The van der Waals surface area contributed by atoms with Crippen LogP contribution < -0.4 is 5.32 Å². The first-order chi connectivity index (χ1) is 9.22. The highest BCUT2D eigenvalue weighted by atomic mass is 35.5. The molecule has 0 bridgehead atoms. The average molecular weight is 298 g/mol. The first kappa shape index (κ1) is 13.6. The van der Waals surface area contributed by atoms with Crippen molar-refractivity contribution in [3.63, 3.8) is 0 Å². The molecule has 0 unspecified atom stereocenters. The zero-order valence-corrected chi connectivity index (χ0v) is 12.6. The van der Waals surface area contributed by atoms with E-state index in [-0.39, 0.29) is 0 Å². The Bertz CT molecular complexity index is 463. The molecule has 0 atom stereocenters. The third kappa shape index (κ3) is 3.21. The molecule has 1 N–H and O–H groups in total. The smallest absolute Gasteiger partial charge is 0.0440 e. The molecule has 0 spiro atoms. The molecule has 3 rings (SSSR count). The zero-order chi connectivity index (χ0) is 13.2. The topological polar surface area (TPSA) is 29.1 Å². The summed E-state index contributed by atoms with van der Waals surface area (Å²) in [5, 5.41) is 4.62. The van der Waals surface area contributed by atoms with Gasteiger partial charge in [0.05, 0.1) is 0 Å². The average Bonchev–Trinajstić information content (AvgIpc) is 2.37. The fraction of sp³-hybridized carbons (Fsp3) is 0.600. The predicted octanol–water partition coefficient (Wildman–Crippen LogP) is 3.09. The van der Waals surface area contributed by atoms with E-state index in [4.69, 9.17) is 11.6 Å². The molecule has 104 valence electrons. The second-order valence-corrected chi connectivity index (χ2v) is 7.78. The molecular formula is C15H20ClNOS. The third-order valence-electron chi connectivity index (χ3n) is 4.34. The highest BCUT2D eigenvalue weighted by molar-refractivity contribution is 7.85. The van der Waals surface area contributed by atoms with E-state index in [2.05, 4.69) is 17.4 Å². The van der Waals surface area contributed by atoms with Crippen molar-refractivity contribution in [2.45, 2.75) is 43.7 Å². The predicted molar refractivity (Wildman–Crippen MR) is 81.2 cm³/mol. The van der Waals surface area contributed by atoms with Gasteiger partial charge in [-0.1, -0.05) is 29.8 Å². The molecule has 0 radical (unpaired) electrons. The number of halogens is 1. The maximum absolute atomic E-state index is 11.3.